The molecule has 1 aromatic rings. The third-order valence-electron chi connectivity index (χ3n) is 2.93. The summed E-state index contributed by atoms with van der Waals surface area (Å²) < 4.78 is 2.44. The molecule has 0 saturated heterocycles. The molecule has 0 bridgehead atoms. The molecule has 0 aliphatic carbocycles. The molecule has 84 valence electrons. The predicted octanol–water partition coefficient (Wildman–Crippen LogP) is 3.43. The van der Waals surface area contributed by atoms with E-state index in [0.717, 1.165) is 0 Å². The first-order valence-corrected chi connectivity index (χ1v) is 6.27. The molecule has 0 aliphatic heterocycles. The van der Waals surface area contributed by atoms with Gasteiger partial charge in [0.05, 0.1) is 0 Å². The average molecular weight is 206 g/mol. The van der Waals surface area contributed by atoms with Gasteiger partial charge in [0, 0.05) is 24.5 Å². The Bertz CT molecular complexity index is 291. The quantitative estimate of drug-likeness (QED) is 0.628. The number of aryl methyl sites for hydroxylation is 2. The van der Waals surface area contributed by atoms with Crippen LogP contribution in [0, 0.1) is 6.92 Å². The van der Waals surface area contributed by atoms with Gasteiger partial charge in [0.1, 0.15) is 6.54 Å². The van der Waals surface area contributed by atoms with Crippen molar-refractivity contribution in [2.45, 2.75) is 59.4 Å². The van der Waals surface area contributed by atoms with E-state index in [0.29, 0.717) is 0 Å². The Morgan fingerprint density at radius 3 is 2.53 bits per heavy atom. The van der Waals surface area contributed by atoms with Crippen LogP contribution in [0.5, 0.6) is 0 Å². The Kier molecular flexibility index (Phi) is 5.38. The lowest BCUT2D eigenvalue weighted by Crippen LogP contribution is -2.38. The van der Waals surface area contributed by atoms with Crippen molar-refractivity contribution in [3.05, 3.63) is 29.6 Å². The number of aromatic nitrogens is 1. The van der Waals surface area contributed by atoms with Crippen LogP contribution in [0.3, 0.4) is 0 Å². The number of unbranched alkanes of at least 4 members (excludes halogenated alkanes) is 2. The van der Waals surface area contributed by atoms with E-state index in [2.05, 4.69) is 43.7 Å². The van der Waals surface area contributed by atoms with Crippen molar-refractivity contribution in [2.24, 2.45) is 0 Å². The Morgan fingerprint density at radius 1 is 1.13 bits per heavy atom. The van der Waals surface area contributed by atoms with E-state index in [9.17, 15) is 0 Å². The number of nitrogens with zero attached hydrogens (tertiary/aromatic N) is 1. The van der Waals surface area contributed by atoms with Crippen molar-refractivity contribution < 1.29 is 4.57 Å². The topological polar surface area (TPSA) is 3.88 Å². The highest BCUT2D eigenvalue weighted by molar-refractivity contribution is 5.13. The second kappa shape index (κ2) is 6.60. The zero-order chi connectivity index (χ0) is 11.1. The van der Waals surface area contributed by atoms with Crippen LogP contribution in [0.15, 0.2) is 18.3 Å². The second-order valence-electron chi connectivity index (χ2n) is 4.29. The van der Waals surface area contributed by atoms with Gasteiger partial charge in [0.2, 0.25) is 0 Å². The fraction of sp³-hybridized carbons (Fsp3) is 0.643. The molecule has 0 aromatic carbocycles. The molecule has 1 heteroatoms. The van der Waals surface area contributed by atoms with E-state index >= 15 is 0 Å². The molecule has 1 aromatic heterocycles. The number of hydrogen-bond donors (Lipinski definition) is 0. The molecule has 0 saturated carbocycles. The highest BCUT2D eigenvalue weighted by atomic mass is 15.0. The van der Waals surface area contributed by atoms with Gasteiger partial charge in [-0.1, -0.05) is 26.7 Å². The van der Waals surface area contributed by atoms with Crippen LogP contribution >= 0.6 is 0 Å². The van der Waals surface area contributed by atoms with Crippen LogP contribution in [-0.2, 0) is 13.0 Å². The predicted molar refractivity (Wildman–Crippen MR) is 64.9 cm³/mol. The van der Waals surface area contributed by atoms with Crippen molar-refractivity contribution in [1.29, 1.82) is 0 Å². The van der Waals surface area contributed by atoms with Gasteiger partial charge in [-0.15, -0.1) is 0 Å². The lowest BCUT2D eigenvalue weighted by molar-refractivity contribution is -0.704. The summed E-state index contributed by atoms with van der Waals surface area (Å²) in [4.78, 5) is 0. The highest BCUT2D eigenvalue weighted by Crippen LogP contribution is 2.06. The molecule has 1 rings (SSSR count). The summed E-state index contributed by atoms with van der Waals surface area (Å²) in [6.45, 7) is 7.92. The van der Waals surface area contributed by atoms with Crippen LogP contribution in [0.25, 0.3) is 0 Å². The van der Waals surface area contributed by atoms with E-state index in [1.165, 1.54) is 49.9 Å². The summed E-state index contributed by atoms with van der Waals surface area (Å²) in [5.74, 6) is 0. The third kappa shape index (κ3) is 3.65. The maximum Gasteiger partial charge on any atom is 0.184 e. The lowest BCUT2D eigenvalue weighted by Gasteiger charge is -2.05. The minimum absolute atomic E-state index is 1.18. The van der Waals surface area contributed by atoms with E-state index in [1.54, 1.807) is 0 Å². The fourth-order valence-electron chi connectivity index (χ4n) is 1.93. The summed E-state index contributed by atoms with van der Waals surface area (Å²) in [5, 5.41) is 0. The van der Waals surface area contributed by atoms with Crippen molar-refractivity contribution in [3.8, 4) is 0 Å². The average Bonchev–Trinajstić information content (AvgIpc) is 2.25. The molecule has 1 heterocycles. The Balaban J connectivity index is 2.77. The molecule has 0 spiro atoms. The molecule has 0 N–H and O–H groups in total. The van der Waals surface area contributed by atoms with Gasteiger partial charge in [-0.25, -0.2) is 4.57 Å². The molecule has 0 unspecified atom stereocenters. The molecular formula is C14H24N+. The summed E-state index contributed by atoms with van der Waals surface area (Å²) >= 11 is 0. The summed E-state index contributed by atoms with van der Waals surface area (Å²) in [5.41, 5.74) is 2.98. The molecular weight excluding hydrogens is 182 g/mol. The summed E-state index contributed by atoms with van der Waals surface area (Å²) in [6, 6.07) is 4.40. The minimum Gasteiger partial charge on any atom is -0.202 e. The SMILES string of the molecule is CCCCc1c(C)ccc[n+]1CCCC. The molecule has 0 radical (unpaired) electrons. The second-order valence-corrected chi connectivity index (χ2v) is 4.29. The van der Waals surface area contributed by atoms with E-state index in [4.69, 9.17) is 0 Å². The van der Waals surface area contributed by atoms with E-state index < -0.39 is 0 Å². The zero-order valence-corrected chi connectivity index (χ0v) is 10.4. The van der Waals surface area contributed by atoms with Crippen molar-refractivity contribution in [1.82, 2.24) is 0 Å². The van der Waals surface area contributed by atoms with Crippen LogP contribution < -0.4 is 4.57 Å². The Hall–Kier alpha value is -0.850. The first-order chi connectivity index (χ1) is 7.29. The minimum atomic E-state index is 1.18. The zero-order valence-electron chi connectivity index (χ0n) is 10.4. The molecule has 1 nitrogen and oxygen atoms in total. The first kappa shape index (κ1) is 12.2. The van der Waals surface area contributed by atoms with Crippen LogP contribution in [-0.4, -0.2) is 0 Å². The monoisotopic (exact) mass is 206 g/mol. The third-order valence-corrected chi connectivity index (χ3v) is 2.93. The van der Waals surface area contributed by atoms with Crippen LogP contribution in [0.1, 0.15) is 50.8 Å². The van der Waals surface area contributed by atoms with Gasteiger partial charge >= 0.3 is 0 Å². The standard InChI is InChI=1S/C14H24N/c1-4-6-10-14-13(3)9-8-12-15(14)11-7-5-2/h8-9,12H,4-7,10-11H2,1-3H3/q+1. The summed E-state index contributed by atoms with van der Waals surface area (Å²) in [6.07, 6.45) is 8.60. The highest BCUT2D eigenvalue weighted by Gasteiger charge is 2.11. The molecule has 15 heavy (non-hydrogen) atoms. The largest absolute Gasteiger partial charge is 0.202 e. The number of rotatable bonds is 6. The van der Waals surface area contributed by atoms with E-state index in [1.807, 2.05) is 0 Å². The van der Waals surface area contributed by atoms with Gasteiger partial charge in [0.15, 0.2) is 11.9 Å². The van der Waals surface area contributed by atoms with Crippen molar-refractivity contribution >= 4 is 0 Å². The van der Waals surface area contributed by atoms with Gasteiger partial charge in [-0.3, -0.25) is 0 Å². The smallest absolute Gasteiger partial charge is 0.184 e. The summed E-state index contributed by atoms with van der Waals surface area (Å²) in [7, 11) is 0. The van der Waals surface area contributed by atoms with E-state index in [-0.39, 0.29) is 0 Å². The normalized spacial score (nSPS) is 10.6. The lowest BCUT2D eigenvalue weighted by atomic mass is 10.1. The Morgan fingerprint density at radius 2 is 1.87 bits per heavy atom. The maximum atomic E-state index is 2.44. The van der Waals surface area contributed by atoms with Gasteiger partial charge in [-0.05, 0) is 19.4 Å². The van der Waals surface area contributed by atoms with Gasteiger partial charge in [-0.2, -0.15) is 0 Å². The van der Waals surface area contributed by atoms with Crippen molar-refractivity contribution in [2.75, 3.05) is 0 Å². The van der Waals surface area contributed by atoms with Gasteiger partial charge < -0.3 is 0 Å². The van der Waals surface area contributed by atoms with Gasteiger partial charge in [0.25, 0.3) is 0 Å². The van der Waals surface area contributed by atoms with Crippen LogP contribution in [0.4, 0.5) is 0 Å². The molecule has 0 amide bonds. The number of hydrogen-bond acceptors (Lipinski definition) is 0. The Labute approximate surface area is 94.1 Å². The van der Waals surface area contributed by atoms with Crippen molar-refractivity contribution in [3.63, 3.8) is 0 Å². The number of pyridine rings is 1. The maximum absolute atomic E-state index is 2.44. The van der Waals surface area contributed by atoms with Crippen LogP contribution in [0.2, 0.25) is 0 Å². The molecule has 0 atom stereocenters. The first-order valence-electron chi connectivity index (χ1n) is 6.27. The molecule has 0 fully saturated rings. The molecule has 0 aliphatic rings. The fourth-order valence-corrected chi connectivity index (χ4v) is 1.93.